The Balaban J connectivity index is 2.13. The van der Waals surface area contributed by atoms with E-state index in [1.54, 1.807) is 13.0 Å². The second-order valence-corrected chi connectivity index (χ2v) is 6.71. The molecule has 0 saturated carbocycles. The summed E-state index contributed by atoms with van der Waals surface area (Å²) in [6.07, 6.45) is 0. The highest BCUT2D eigenvalue weighted by molar-refractivity contribution is 8.00. The zero-order chi connectivity index (χ0) is 14.0. The molecule has 2 rings (SSSR count). The van der Waals surface area contributed by atoms with Crippen LogP contribution in [0.4, 0.5) is 0 Å². The summed E-state index contributed by atoms with van der Waals surface area (Å²) in [7, 11) is 0. The lowest BCUT2D eigenvalue weighted by Gasteiger charge is -2.03. The quantitative estimate of drug-likeness (QED) is 0.820. The number of thiazole rings is 1. The number of aromatic carboxylic acids is 1. The first-order chi connectivity index (χ1) is 8.99. The number of benzene rings is 1. The molecule has 0 unspecified atom stereocenters. The minimum atomic E-state index is -0.942. The Morgan fingerprint density at radius 1 is 1.47 bits per heavy atom. The van der Waals surface area contributed by atoms with E-state index in [0.717, 1.165) is 5.56 Å². The van der Waals surface area contributed by atoms with Crippen LogP contribution >= 0.6 is 46.3 Å². The number of thioether (sulfide) groups is 1. The molecule has 2 aromatic rings. The molecule has 0 radical (unpaired) electrons. The van der Waals surface area contributed by atoms with Crippen LogP contribution < -0.4 is 0 Å². The van der Waals surface area contributed by atoms with Crippen LogP contribution in [-0.4, -0.2) is 16.1 Å². The van der Waals surface area contributed by atoms with Gasteiger partial charge in [0.15, 0.2) is 4.34 Å². The second kappa shape index (κ2) is 6.13. The van der Waals surface area contributed by atoms with Crippen LogP contribution in [0.1, 0.15) is 20.9 Å². The Bertz CT molecular complexity index is 628. The first-order valence-electron chi connectivity index (χ1n) is 5.25. The van der Waals surface area contributed by atoms with Crippen LogP contribution in [0.25, 0.3) is 0 Å². The number of aromatic nitrogens is 1. The molecule has 0 atom stereocenters. The minimum absolute atomic E-state index is 0.277. The van der Waals surface area contributed by atoms with Crippen molar-refractivity contribution in [3.05, 3.63) is 44.4 Å². The SMILES string of the molecule is Cc1nc(SCc2cccc(Cl)c2Cl)sc1C(=O)O. The molecule has 0 fully saturated rings. The van der Waals surface area contributed by atoms with Gasteiger partial charge in [-0.15, -0.1) is 11.3 Å². The summed E-state index contributed by atoms with van der Waals surface area (Å²) in [4.78, 5) is 15.4. The number of carboxylic acid groups (broad SMARTS) is 1. The minimum Gasteiger partial charge on any atom is -0.477 e. The van der Waals surface area contributed by atoms with Gasteiger partial charge in [-0.1, -0.05) is 47.1 Å². The van der Waals surface area contributed by atoms with Gasteiger partial charge in [0.05, 0.1) is 15.7 Å². The normalized spacial score (nSPS) is 10.7. The number of hydrogen-bond acceptors (Lipinski definition) is 4. The van der Waals surface area contributed by atoms with E-state index < -0.39 is 5.97 Å². The Kier molecular flexibility index (Phi) is 4.73. The summed E-state index contributed by atoms with van der Waals surface area (Å²) >= 11 is 14.6. The molecule has 0 amide bonds. The third-order valence-corrected chi connectivity index (χ3v) is 5.55. The van der Waals surface area contributed by atoms with Crippen molar-refractivity contribution < 1.29 is 9.90 Å². The van der Waals surface area contributed by atoms with Gasteiger partial charge in [0.1, 0.15) is 4.88 Å². The van der Waals surface area contributed by atoms with Gasteiger partial charge in [-0.3, -0.25) is 0 Å². The van der Waals surface area contributed by atoms with E-state index in [9.17, 15) is 4.79 Å². The monoisotopic (exact) mass is 333 g/mol. The molecule has 0 aliphatic heterocycles. The smallest absolute Gasteiger partial charge is 0.347 e. The van der Waals surface area contributed by atoms with E-state index in [2.05, 4.69) is 4.98 Å². The van der Waals surface area contributed by atoms with Crippen molar-refractivity contribution in [1.29, 1.82) is 0 Å². The summed E-state index contributed by atoms with van der Waals surface area (Å²) in [5, 5.41) is 10.0. The summed E-state index contributed by atoms with van der Waals surface area (Å²) in [6.45, 7) is 1.69. The lowest BCUT2D eigenvalue weighted by molar-refractivity contribution is 0.0701. The highest BCUT2D eigenvalue weighted by Gasteiger charge is 2.14. The van der Waals surface area contributed by atoms with Crippen LogP contribution in [-0.2, 0) is 5.75 Å². The molecule has 0 saturated heterocycles. The first-order valence-corrected chi connectivity index (χ1v) is 7.81. The average molecular weight is 334 g/mol. The Labute approximate surface area is 128 Å². The summed E-state index contributed by atoms with van der Waals surface area (Å²) in [6, 6.07) is 5.45. The fraction of sp³-hybridized carbons (Fsp3) is 0.167. The molecule has 0 aliphatic rings. The predicted molar refractivity (Wildman–Crippen MR) is 79.8 cm³/mol. The maximum absolute atomic E-state index is 10.9. The van der Waals surface area contributed by atoms with Crippen LogP contribution in [0.2, 0.25) is 10.0 Å². The number of aryl methyl sites for hydroxylation is 1. The third kappa shape index (κ3) is 3.42. The molecule has 0 spiro atoms. The van der Waals surface area contributed by atoms with Crippen LogP contribution in [0.5, 0.6) is 0 Å². The first kappa shape index (κ1) is 14.7. The van der Waals surface area contributed by atoms with Gasteiger partial charge in [-0.05, 0) is 18.6 Å². The fourth-order valence-corrected chi connectivity index (χ4v) is 3.92. The highest BCUT2D eigenvalue weighted by Crippen LogP contribution is 2.33. The van der Waals surface area contributed by atoms with E-state index in [1.807, 2.05) is 12.1 Å². The predicted octanol–water partition coefficient (Wildman–Crippen LogP) is 4.75. The molecule has 0 aliphatic carbocycles. The van der Waals surface area contributed by atoms with E-state index >= 15 is 0 Å². The molecule has 1 aromatic carbocycles. The zero-order valence-corrected chi connectivity index (χ0v) is 13.0. The zero-order valence-electron chi connectivity index (χ0n) is 9.81. The topological polar surface area (TPSA) is 50.2 Å². The maximum atomic E-state index is 10.9. The molecular weight excluding hydrogens is 325 g/mol. The molecule has 19 heavy (non-hydrogen) atoms. The number of halogens is 2. The number of rotatable bonds is 4. The number of carboxylic acids is 1. The van der Waals surface area contributed by atoms with Crippen molar-refractivity contribution in [3.8, 4) is 0 Å². The largest absolute Gasteiger partial charge is 0.477 e. The Morgan fingerprint density at radius 3 is 2.84 bits per heavy atom. The molecule has 7 heteroatoms. The van der Waals surface area contributed by atoms with Gasteiger partial charge in [-0.25, -0.2) is 9.78 Å². The molecule has 0 bridgehead atoms. The van der Waals surface area contributed by atoms with E-state index in [-0.39, 0.29) is 4.88 Å². The summed E-state index contributed by atoms with van der Waals surface area (Å²) in [5.74, 6) is -0.339. The lowest BCUT2D eigenvalue weighted by Crippen LogP contribution is -1.94. The van der Waals surface area contributed by atoms with Crippen molar-refractivity contribution in [2.45, 2.75) is 17.0 Å². The van der Waals surface area contributed by atoms with Crippen molar-refractivity contribution in [3.63, 3.8) is 0 Å². The average Bonchev–Trinajstić information content (AvgIpc) is 2.73. The molecule has 1 heterocycles. The standard InChI is InChI=1S/C12H9Cl2NO2S2/c1-6-10(11(16)17)19-12(15-6)18-5-7-3-2-4-8(13)9(7)14/h2-4H,5H2,1H3,(H,16,17). The van der Waals surface area contributed by atoms with Gasteiger partial charge in [0.2, 0.25) is 0 Å². The maximum Gasteiger partial charge on any atom is 0.347 e. The number of carbonyl (C=O) groups is 1. The van der Waals surface area contributed by atoms with Crippen molar-refractivity contribution in [2.75, 3.05) is 0 Å². The fourth-order valence-electron chi connectivity index (χ4n) is 1.43. The van der Waals surface area contributed by atoms with Crippen LogP contribution in [0, 0.1) is 6.92 Å². The second-order valence-electron chi connectivity index (χ2n) is 3.70. The molecule has 1 N–H and O–H groups in total. The Hall–Kier alpha value is -0.750. The van der Waals surface area contributed by atoms with Crippen molar-refractivity contribution in [2.24, 2.45) is 0 Å². The van der Waals surface area contributed by atoms with Crippen LogP contribution in [0.15, 0.2) is 22.5 Å². The number of nitrogens with zero attached hydrogens (tertiary/aromatic N) is 1. The van der Waals surface area contributed by atoms with E-state index in [0.29, 0.717) is 25.8 Å². The molecule has 1 aromatic heterocycles. The van der Waals surface area contributed by atoms with Gasteiger partial charge in [0.25, 0.3) is 0 Å². The van der Waals surface area contributed by atoms with Gasteiger partial charge >= 0.3 is 5.97 Å². The lowest BCUT2D eigenvalue weighted by atomic mass is 10.2. The molecule has 100 valence electrons. The third-order valence-electron chi connectivity index (χ3n) is 2.35. The van der Waals surface area contributed by atoms with Crippen molar-refractivity contribution in [1.82, 2.24) is 4.98 Å². The van der Waals surface area contributed by atoms with Gasteiger partial charge in [0, 0.05) is 5.75 Å². The van der Waals surface area contributed by atoms with Crippen molar-refractivity contribution >= 4 is 52.3 Å². The van der Waals surface area contributed by atoms with Crippen LogP contribution in [0.3, 0.4) is 0 Å². The van der Waals surface area contributed by atoms with E-state index in [4.69, 9.17) is 28.3 Å². The number of hydrogen-bond donors (Lipinski definition) is 1. The summed E-state index contributed by atoms with van der Waals surface area (Å²) < 4.78 is 0.714. The van der Waals surface area contributed by atoms with E-state index in [1.165, 1.54) is 23.1 Å². The Morgan fingerprint density at radius 2 is 2.21 bits per heavy atom. The van der Waals surface area contributed by atoms with Gasteiger partial charge in [-0.2, -0.15) is 0 Å². The molecular formula is C12H9Cl2NO2S2. The molecule has 3 nitrogen and oxygen atoms in total. The summed E-state index contributed by atoms with van der Waals surface area (Å²) in [5.41, 5.74) is 1.45. The van der Waals surface area contributed by atoms with Gasteiger partial charge < -0.3 is 5.11 Å². The highest BCUT2D eigenvalue weighted by atomic mass is 35.5.